The molecule has 1 aliphatic rings. The number of benzene rings is 4. The summed E-state index contributed by atoms with van der Waals surface area (Å²) < 4.78 is 28.3. The molecule has 5 heteroatoms. The molecule has 4 aromatic rings. The lowest BCUT2D eigenvalue weighted by Crippen LogP contribution is -2.39. The summed E-state index contributed by atoms with van der Waals surface area (Å²) >= 11 is 0. The maximum Gasteiger partial charge on any atom is 0.167 e. The van der Waals surface area contributed by atoms with E-state index < -0.39 is 24.9 Å². The topological polar surface area (TPSA) is 18.5 Å². The monoisotopic (exact) mass is 568 g/mol. The van der Waals surface area contributed by atoms with Crippen LogP contribution in [-0.4, -0.2) is 32.7 Å². The first-order chi connectivity index (χ1) is 19.2. The third-order valence-electron chi connectivity index (χ3n) is 7.96. The highest BCUT2D eigenvalue weighted by molar-refractivity contribution is 6.32. The Balaban J connectivity index is 1.38. The summed E-state index contributed by atoms with van der Waals surface area (Å²) in [5, 5.41) is 0.192. The van der Waals surface area contributed by atoms with Gasteiger partial charge in [0, 0.05) is 13.2 Å². The van der Waals surface area contributed by atoms with Crippen LogP contribution in [-0.2, 0) is 27.1 Å². The molecule has 0 unspecified atom stereocenters. The quantitative estimate of drug-likeness (QED) is 0.169. The fourth-order valence-corrected chi connectivity index (χ4v) is 8.97. The van der Waals surface area contributed by atoms with Crippen LogP contribution in [0.1, 0.15) is 49.9 Å². The Morgan fingerprint density at radius 2 is 1.07 bits per heavy atom. The number of hydrogen-bond donors (Lipinski definition) is 0. The number of fused-ring (bicyclic) bond motifs is 3. The van der Waals surface area contributed by atoms with Crippen LogP contribution in [0, 0.1) is 5.82 Å². The molecule has 0 saturated carbocycles. The van der Waals surface area contributed by atoms with Crippen LogP contribution in [0.4, 0.5) is 4.39 Å². The summed E-state index contributed by atoms with van der Waals surface area (Å²) in [6.07, 6.45) is 1.98. The summed E-state index contributed by atoms with van der Waals surface area (Å²) in [7, 11) is -1.83. The van der Waals surface area contributed by atoms with Gasteiger partial charge in [0.25, 0.3) is 0 Å². The summed E-state index contributed by atoms with van der Waals surface area (Å²) in [5.74, 6) is -0.209. The molecule has 40 heavy (non-hydrogen) atoms. The van der Waals surface area contributed by atoms with Gasteiger partial charge in [0.2, 0.25) is 0 Å². The van der Waals surface area contributed by atoms with E-state index in [0.29, 0.717) is 13.2 Å². The first-order valence-electron chi connectivity index (χ1n) is 14.3. The van der Waals surface area contributed by atoms with Gasteiger partial charge in [-0.3, -0.25) is 0 Å². The Labute approximate surface area is 243 Å². The summed E-state index contributed by atoms with van der Waals surface area (Å²) in [4.78, 5) is 0. The summed E-state index contributed by atoms with van der Waals surface area (Å²) in [5.41, 5.74) is 6.62. The highest BCUT2D eigenvalue weighted by Gasteiger charge is 2.44. The SMILES string of the molecule is CC(C)(Cc1ccccc1)[SiH2]OCC1(CO[SiH2]C(C)(C)Cc2ccccc2)c2ccccc2-c2ccc(F)cc21. The van der Waals surface area contributed by atoms with Crippen molar-refractivity contribution in [2.24, 2.45) is 0 Å². The Hall–Kier alpha value is -2.84. The molecule has 0 bridgehead atoms. The lowest BCUT2D eigenvalue weighted by molar-refractivity contribution is 0.172. The van der Waals surface area contributed by atoms with Gasteiger partial charge >= 0.3 is 0 Å². The number of rotatable bonds is 12. The van der Waals surface area contributed by atoms with E-state index in [1.807, 2.05) is 6.07 Å². The van der Waals surface area contributed by atoms with Crippen LogP contribution in [0.25, 0.3) is 11.1 Å². The van der Waals surface area contributed by atoms with Crippen LogP contribution in [0.5, 0.6) is 0 Å². The first kappa shape index (κ1) is 28.7. The normalized spacial score (nSPS) is 17.1. The van der Waals surface area contributed by atoms with E-state index in [-0.39, 0.29) is 15.9 Å². The molecule has 2 nitrogen and oxygen atoms in total. The second kappa shape index (κ2) is 12.0. The lowest BCUT2D eigenvalue weighted by atomic mass is 9.80. The van der Waals surface area contributed by atoms with Crippen molar-refractivity contribution in [1.29, 1.82) is 0 Å². The maximum atomic E-state index is 14.8. The highest BCUT2D eigenvalue weighted by atomic mass is 28.2. The molecule has 1 aliphatic carbocycles. The molecule has 0 atom stereocenters. The molecule has 0 spiro atoms. The maximum absolute atomic E-state index is 14.8. The second-order valence-corrected chi connectivity index (χ2v) is 18.2. The van der Waals surface area contributed by atoms with Crippen LogP contribution in [0.15, 0.2) is 103 Å². The molecule has 0 saturated heterocycles. The van der Waals surface area contributed by atoms with Gasteiger partial charge in [0.1, 0.15) is 5.82 Å². The van der Waals surface area contributed by atoms with Crippen molar-refractivity contribution in [2.45, 2.75) is 56.0 Å². The Bertz CT molecular complexity index is 1360. The molecule has 0 heterocycles. The molecular weight excluding hydrogens is 528 g/mol. The van der Waals surface area contributed by atoms with Crippen LogP contribution in [0.2, 0.25) is 10.1 Å². The molecule has 0 aliphatic heterocycles. The van der Waals surface area contributed by atoms with Crippen LogP contribution in [0.3, 0.4) is 0 Å². The number of halogens is 1. The second-order valence-electron chi connectivity index (χ2n) is 13.0. The van der Waals surface area contributed by atoms with Gasteiger partial charge in [-0.05, 0) is 68.4 Å². The Kier molecular flexibility index (Phi) is 8.57. The molecule has 0 radical (unpaired) electrons. The van der Waals surface area contributed by atoms with Crippen molar-refractivity contribution in [3.8, 4) is 11.1 Å². The van der Waals surface area contributed by atoms with Gasteiger partial charge in [0.05, 0.1) is 5.41 Å². The molecule has 4 aromatic carbocycles. The van der Waals surface area contributed by atoms with Gasteiger partial charge in [-0.25, -0.2) is 4.39 Å². The van der Waals surface area contributed by atoms with E-state index in [4.69, 9.17) is 8.85 Å². The van der Waals surface area contributed by atoms with Gasteiger partial charge in [-0.1, -0.05) is 119 Å². The average molecular weight is 569 g/mol. The van der Waals surface area contributed by atoms with Crippen molar-refractivity contribution < 1.29 is 13.2 Å². The minimum absolute atomic E-state index is 0.0959. The molecule has 0 fully saturated rings. The van der Waals surface area contributed by atoms with Gasteiger partial charge in [0.15, 0.2) is 19.5 Å². The van der Waals surface area contributed by atoms with Crippen LogP contribution >= 0.6 is 0 Å². The zero-order valence-electron chi connectivity index (χ0n) is 24.3. The zero-order valence-corrected chi connectivity index (χ0v) is 27.1. The van der Waals surface area contributed by atoms with E-state index in [2.05, 4.69) is 113 Å². The summed E-state index contributed by atoms with van der Waals surface area (Å²) in [6, 6.07) is 35.0. The fourth-order valence-electron chi connectivity index (χ4n) is 6.18. The minimum atomic E-state index is -0.913. The van der Waals surface area contributed by atoms with Crippen LogP contribution < -0.4 is 0 Å². The Morgan fingerprint density at radius 1 is 0.600 bits per heavy atom. The third-order valence-corrected chi connectivity index (χ3v) is 10.8. The van der Waals surface area contributed by atoms with Gasteiger partial charge in [-0.15, -0.1) is 0 Å². The largest absolute Gasteiger partial charge is 0.422 e. The smallest absolute Gasteiger partial charge is 0.167 e. The standard InChI is InChI=1S/C35H41FO2Si2/c1-33(2,22-26-13-7-5-8-14-26)39-37-24-35(25-38-40-34(3,4)23-27-15-9-6-10-16-27)31-18-12-11-17-29(31)30-20-19-28(36)21-32(30)35/h5-21H,22-25,39-40H2,1-4H3. The van der Waals surface area contributed by atoms with E-state index in [0.717, 1.165) is 24.0 Å². The van der Waals surface area contributed by atoms with Gasteiger partial charge < -0.3 is 8.85 Å². The third kappa shape index (κ3) is 6.55. The van der Waals surface area contributed by atoms with Crippen molar-refractivity contribution in [2.75, 3.05) is 13.2 Å². The molecular formula is C35H41FO2Si2. The number of hydrogen-bond acceptors (Lipinski definition) is 2. The predicted molar refractivity (Wildman–Crippen MR) is 170 cm³/mol. The minimum Gasteiger partial charge on any atom is -0.422 e. The predicted octanol–water partition coefficient (Wildman–Crippen LogP) is 7.18. The molecule has 5 rings (SSSR count). The van der Waals surface area contributed by atoms with E-state index in [1.54, 1.807) is 12.1 Å². The zero-order chi connectivity index (χ0) is 28.2. The molecule has 0 amide bonds. The van der Waals surface area contributed by atoms with Crippen molar-refractivity contribution in [3.63, 3.8) is 0 Å². The molecule has 0 aromatic heterocycles. The van der Waals surface area contributed by atoms with E-state index >= 15 is 0 Å². The molecule has 0 N–H and O–H groups in total. The van der Waals surface area contributed by atoms with Gasteiger partial charge in [-0.2, -0.15) is 0 Å². The lowest BCUT2D eigenvalue weighted by Gasteiger charge is -2.35. The highest BCUT2D eigenvalue weighted by Crippen LogP contribution is 2.50. The van der Waals surface area contributed by atoms with E-state index in [9.17, 15) is 4.39 Å². The Morgan fingerprint density at radius 3 is 1.62 bits per heavy atom. The fraction of sp³-hybridized carbons (Fsp3) is 0.314. The average Bonchev–Trinajstić information content (AvgIpc) is 3.18. The van der Waals surface area contributed by atoms with Crippen molar-refractivity contribution >= 4 is 19.5 Å². The summed E-state index contributed by atoms with van der Waals surface area (Å²) in [6.45, 7) is 10.3. The van der Waals surface area contributed by atoms with E-state index in [1.165, 1.54) is 22.3 Å². The van der Waals surface area contributed by atoms with Crippen molar-refractivity contribution in [1.82, 2.24) is 0 Å². The first-order valence-corrected chi connectivity index (χ1v) is 16.9. The van der Waals surface area contributed by atoms with Crippen molar-refractivity contribution in [3.05, 3.63) is 131 Å². The molecule has 208 valence electrons.